The van der Waals surface area contributed by atoms with E-state index in [9.17, 15) is 0 Å². The summed E-state index contributed by atoms with van der Waals surface area (Å²) < 4.78 is 0. The van der Waals surface area contributed by atoms with Gasteiger partial charge in [-0.2, -0.15) is 0 Å². The van der Waals surface area contributed by atoms with E-state index in [1.54, 1.807) is 0 Å². The monoisotopic (exact) mass is 659 g/mol. The van der Waals surface area contributed by atoms with Gasteiger partial charge in [0.25, 0.3) is 0 Å². The van der Waals surface area contributed by atoms with E-state index in [-0.39, 0.29) is 0 Å². The summed E-state index contributed by atoms with van der Waals surface area (Å²) in [5.74, 6) is 0. The van der Waals surface area contributed by atoms with E-state index in [1.807, 2.05) is 0 Å². The summed E-state index contributed by atoms with van der Waals surface area (Å²) in [7, 11) is 0. The molecule has 0 amide bonds. The first kappa shape index (κ1) is 29.1. The predicted octanol–water partition coefficient (Wildman–Crippen LogP) is 13.5. The molecule has 0 heterocycles. The fourth-order valence-electron chi connectivity index (χ4n) is 9.40. The van der Waals surface area contributed by atoms with E-state index < -0.39 is 5.41 Å². The van der Waals surface area contributed by atoms with Gasteiger partial charge in [-0.15, -0.1) is 0 Å². The molecule has 9 aromatic carbocycles. The molecule has 9 aromatic rings. The Hall–Kier alpha value is -6.70. The van der Waals surface area contributed by atoms with Gasteiger partial charge in [0, 0.05) is 16.5 Å². The zero-order chi connectivity index (χ0) is 34.2. The molecule has 0 unspecified atom stereocenters. The molecule has 0 saturated heterocycles. The standard InChI is InChI=1S/C51H33N/c1-3-18-38-34(14-1)16-11-28-48(38)52(49-29-12-17-35-15-2-4-19-39(35)49)37-32-30-36(31-33-37)40-23-13-24-44-43-22-7-10-27-47(43)51(50(40)44)45-25-8-5-20-41(45)42-21-6-9-26-46(42)51/h1-33H. The third-order valence-corrected chi connectivity index (χ3v) is 11.5. The molecule has 0 aliphatic heterocycles. The number of fused-ring (bicyclic) bond motifs is 12. The van der Waals surface area contributed by atoms with Crippen LogP contribution in [0, 0.1) is 0 Å². The van der Waals surface area contributed by atoms with Crippen LogP contribution in [0.4, 0.5) is 17.1 Å². The summed E-state index contributed by atoms with van der Waals surface area (Å²) in [6, 6.07) is 74.0. The average molecular weight is 660 g/mol. The Balaban J connectivity index is 1.14. The predicted molar refractivity (Wildman–Crippen MR) is 218 cm³/mol. The van der Waals surface area contributed by atoms with Crippen LogP contribution in [0.15, 0.2) is 200 Å². The molecule has 0 saturated carbocycles. The number of hydrogen-bond acceptors (Lipinski definition) is 1. The van der Waals surface area contributed by atoms with E-state index in [2.05, 4.69) is 205 Å². The van der Waals surface area contributed by atoms with E-state index in [0.29, 0.717) is 0 Å². The Labute approximate surface area is 303 Å². The third kappa shape index (κ3) is 3.94. The molecule has 0 radical (unpaired) electrons. The van der Waals surface area contributed by atoms with Gasteiger partial charge in [0.15, 0.2) is 0 Å². The minimum atomic E-state index is -0.397. The van der Waals surface area contributed by atoms with Crippen LogP contribution in [-0.4, -0.2) is 0 Å². The van der Waals surface area contributed by atoms with Gasteiger partial charge < -0.3 is 4.90 Å². The second kappa shape index (κ2) is 11.2. The maximum absolute atomic E-state index is 2.44. The van der Waals surface area contributed by atoms with Crippen LogP contribution in [0.3, 0.4) is 0 Å². The van der Waals surface area contributed by atoms with Gasteiger partial charge in [0.05, 0.1) is 16.8 Å². The molecule has 0 N–H and O–H groups in total. The minimum Gasteiger partial charge on any atom is -0.309 e. The molecule has 1 nitrogen and oxygen atoms in total. The Morgan fingerprint density at radius 3 is 1.27 bits per heavy atom. The van der Waals surface area contributed by atoms with E-state index in [0.717, 1.165) is 17.1 Å². The molecule has 1 spiro atoms. The van der Waals surface area contributed by atoms with Crippen LogP contribution in [0.2, 0.25) is 0 Å². The van der Waals surface area contributed by atoms with Crippen molar-refractivity contribution in [1.82, 2.24) is 0 Å². The van der Waals surface area contributed by atoms with Gasteiger partial charge in [0.1, 0.15) is 0 Å². The first-order valence-electron chi connectivity index (χ1n) is 18.1. The summed E-state index contributed by atoms with van der Waals surface area (Å²) in [4.78, 5) is 2.44. The number of hydrogen-bond donors (Lipinski definition) is 0. The molecule has 0 atom stereocenters. The van der Waals surface area contributed by atoms with Crippen molar-refractivity contribution in [2.45, 2.75) is 5.41 Å². The van der Waals surface area contributed by atoms with Gasteiger partial charge in [-0.05, 0) is 90.7 Å². The number of benzene rings is 9. The average Bonchev–Trinajstić information content (AvgIpc) is 3.69. The first-order valence-corrected chi connectivity index (χ1v) is 18.1. The summed E-state index contributed by atoms with van der Waals surface area (Å²) in [5, 5.41) is 4.90. The van der Waals surface area contributed by atoms with Crippen molar-refractivity contribution in [3.8, 4) is 33.4 Å². The highest BCUT2D eigenvalue weighted by atomic mass is 15.1. The molecular formula is C51H33N. The molecule has 1 heteroatoms. The zero-order valence-corrected chi connectivity index (χ0v) is 28.5. The van der Waals surface area contributed by atoms with E-state index in [1.165, 1.54) is 77.2 Å². The zero-order valence-electron chi connectivity index (χ0n) is 28.5. The highest BCUT2D eigenvalue weighted by Crippen LogP contribution is 2.64. The second-order valence-electron chi connectivity index (χ2n) is 14.0. The highest BCUT2D eigenvalue weighted by molar-refractivity contribution is 6.05. The van der Waals surface area contributed by atoms with Crippen LogP contribution in [0.5, 0.6) is 0 Å². The summed E-state index contributed by atoms with van der Waals surface area (Å²) >= 11 is 0. The Bertz CT molecular complexity index is 2710. The van der Waals surface area contributed by atoms with Crippen LogP contribution >= 0.6 is 0 Å². The second-order valence-corrected chi connectivity index (χ2v) is 14.0. The fraction of sp³-hybridized carbons (Fsp3) is 0.0196. The molecule has 0 fully saturated rings. The molecule has 52 heavy (non-hydrogen) atoms. The molecular weight excluding hydrogens is 627 g/mol. The molecule has 0 bridgehead atoms. The van der Waals surface area contributed by atoms with Crippen LogP contribution in [-0.2, 0) is 5.41 Å². The molecule has 242 valence electrons. The normalized spacial score (nSPS) is 13.2. The third-order valence-electron chi connectivity index (χ3n) is 11.5. The van der Waals surface area contributed by atoms with Crippen molar-refractivity contribution < 1.29 is 0 Å². The number of nitrogens with zero attached hydrogens (tertiary/aromatic N) is 1. The number of anilines is 3. The minimum absolute atomic E-state index is 0.397. The van der Waals surface area contributed by atoms with Crippen LogP contribution < -0.4 is 4.90 Å². The molecule has 2 aliphatic rings. The van der Waals surface area contributed by atoms with Gasteiger partial charge >= 0.3 is 0 Å². The largest absolute Gasteiger partial charge is 0.309 e. The lowest BCUT2D eigenvalue weighted by molar-refractivity contribution is 0.796. The lowest BCUT2D eigenvalue weighted by Crippen LogP contribution is -2.26. The molecule has 0 aromatic heterocycles. The van der Waals surface area contributed by atoms with Crippen LogP contribution in [0.1, 0.15) is 22.3 Å². The Morgan fingerprint density at radius 1 is 0.308 bits per heavy atom. The fourth-order valence-corrected chi connectivity index (χ4v) is 9.40. The first-order chi connectivity index (χ1) is 25.8. The van der Waals surface area contributed by atoms with Crippen molar-refractivity contribution in [2.75, 3.05) is 4.90 Å². The van der Waals surface area contributed by atoms with Crippen LogP contribution in [0.25, 0.3) is 54.9 Å². The molecule has 2 aliphatic carbocycles. The Morgan fingerprint density at radius 2 is 0.712 bits per heavy atom. The van der Waals surface area contributed by atoms with Crippen molar-refractivity contribution in [3.63, 3.8) is 0 Å². The van der Waals surface area contributed by atoms with Crippen molar-refractivity contribution in [1.29, 1.82) is 0 Å². The quantitative estimate of drug-likeness (QED) is 0.182. The highest BCUT2D eigenvalue weighted by Gasteiger charge is 2.52. The van der Waals surface area contributed by atoms with E-state index >= 15 is 0 Å². The van der Waals surface area contributed by atoms with Crippen molar-refractivity contribution in [3.05, 3.63) is 222 Å². The summed E-state index contributed by atoms with van der Waals surface area (Å²) in [5.41, 5.74) is 16.3. The van der Waals surface area contributed by atoms with Gasteiger partial charge in [-0.3, -0.25) is 0 Å². The van der Waals surface area contributed by atoms with Gasteiger partial charge in [0.2, 0.25) is 0 Å². The van der Waals surface area contributed by atoms with Crippen molar-refractivity contribution >= 4 is 38.6 Å². The smallest absolute Gasteiger partial charge is 0.0731 e. The maximum atomic E-state index is 2.44. The topological polar surface area (TPSA) is 3.24 Å². The number of rotatable bonds is 4. The molecule has 11 rings (SSSR count). The summed E-state index contributed by atoms with van der Waals surface area (Å²) in [6.07, 6.45) is 0. The summed E-state index contributed by atoms with van der Waals surface area (Å²) in [6.45, 7) is 0. The van der Waals surface area contributed by atoms with E-state index in [4.69, 9.17) is 0 Å². The van der Waals surface area contributed by atoms with Crippen molar-refractivity contribution in [2.24, 2.45) is 0 Å². The maximum Gasteiger partial charge on any atom is 0.0731 e. The lowest BCUT2D eigenvalue weighted by Gasteiger charge is -2.32. The Kier molecular flexibility index (Phi) is 6.23. The SMILES string of the molecule is c1ccc2c(c1)-c1ccccc1C21c2ccccc2-c2cccc(-c3ccc(N(c4cccc5ccccc45)c4cccc5ccccc45)cc3)c21. The lowest BCUT2D eigenvalue weighted by atomic mass is 9.68. The van der Waals surface area contributed by atoms with Gasteiger partial charge in [-0.1, -0.05) is 176 Å². The van der Waals surface area contributed by atoms with Gasteiger partial charge in [-0.25, -0.2) is 0 Å².